The van der Waals surface area contributed by atoms with E-state index in [0.29, 0.717) is 6.07 Å². The zero-order valence-corrected chi connectivity index (χ0v) is 15.9. The molecular formula is C18H17F5N2O2S. The van der Waals surface area contributed by atoms with Crippen LogP contribution in [0.1, 0.15) is 32.0 Å². The van der Waals surface area contributed by atoms with Crippen LogP contribution in [-0.4, -0.2) is 32.2 Å². The predicted octanol–water partition coefficient (Wildman–Crippen LogP) is 4.76. The number of ether oxygens (including phenoxy) is 1. The van der Waals surface area contributed by atoms with E-state index in [9.17, 15) is 26.2 Å². The van der Waals surface area contributed by atoms with E-state index in [0.717, 1.165) is 12.1 Å². The van der Waals surface area contributed by atoms with Gasteiger partial charge in [-0.1, -0.05) is 6.07 Å². The SMILES string of the molecule is CC(C)(C)S(=O)N=C(c1cc(F)cc(OC(F)(F)C(F)F)c1)c1ccccn1. The first-order valence-electron chi connectivity index (χ1n) is 7.98. The van der Waals surface area contributed by atoms with Gasteiger partial charge in [-0.2, -0.15) is 22.0 Å². The van der Waals surface area contributed by atoms with Gasteiger partial charge in [0.25, 0.3) is 0 Å². The minimum Gasteiger partial charge on any atom is -0.428 e. The van der Waals surface area contributed by atoms with E-state index in [1.165, 1.54) is 12.3 Å². The molecule has 0 bridgehead atoms. The summed E-state index contributed by atoms with van der Waals surface area (Å²) in [5, 5.41) is 0. The Balaban J connectivity index is 2.58. The van der Waals surface area contributed by atoms with Crippen molar-refractivity contribution in [3.8, 4) is 5.75 Å². The Morgan fingerprint density at radius 1 is 1.18 bits per heavy atom. The monoisotopic (exact) mass is 420 g/mol. The predicted molar refractivity (Wildman–Crippen MR) is 95.8 cm³/mol. The number of benzene rings is 1. The summed E-state index contributed by atoms with van der Waals surface area (Å²) in [6.07, 6.45) is -7.50. The lowest BCUT2D eigenvalue weighted by atomic mass is 10.1. The van der Waals surface area contributed by atoms with E-state index in [-0.39, 0.29) is 17.0 Å². The third-order valence-electron chi connectivity index (χ3n) is 3.26. The Morgan fingerprint density at radius 3 is 2.39 bits per heavy atom. The molecule has 0 N–H and O–H groups in total. The molecule has 4 nitrogen and oxygen atoms in total. The second kappa shape index (κ2) is 8.34. The van der Waals surface area contributed by atoms with Crippen LogP contribution in [0.3, 0.4) is 0 Å². The quantitative estimate of drug-likeness (QED) is 0.500. The standard InChI is InChI=1S/C18H17F5N2O2S/c1-17(2,3)28(26)25-15(14-6-4-5-7-24-14)11-8-12(19)10-13(9-11)27-18(22,23)16(20)21/h4-10,16H,1-3H3. The first-order chi connectivity index (χ1) is 12.9. The van der Waals surface area contributed by atoms with Gasteiger partial charge in [0.05, 0.1) is 10.4 Å². The lowest BCUT2D eigenvalue weighted by Crippen LogP contribution is -2.33. The zero-order valence-electron chi connectivity index (χ0n) is 15.1. The summed E-state index contributed by atoms with van der Waals surface area (Å²) >= 11 is 0. The van der Waals surface area contributed by atoms with Crippen molar-refractivity contribution in [3.63, 3.8) is 0 Å². The summed E-state index contributed by atoms with van der Waals surface area (Å²) in [4.78, 5) is 4.06. The van der Waals surface area contributed by atoms with Crippen LogP contribution in [0.2, 0.25) is 0 Å². The van der Waals surface area contributed by atoms with Crippen LogP contribution in [-0.2, 0) is 11.0 Å². The molecule has 2 aromatic rings. The molecule has 0 aliphatic rings. The zero-order chi connectivity index (χ0) is 21.1. The van der Waals surface area contributed by atoms with Crippen LogP contribution in [0.5, 0.6) is 5.75 Å². The van der Waals surface area contributed by atoms with Crippen LogP contribution in [0, 0.1) is 5.82 Å². The molecule has 0 aliphatic heterocycles. The molecule has 152 valence electrons. The average molecular weight is 420 g/mol. The molecule has 0 spiro atoms. The van der Waals surface area contributed by atoms with Crippen molar-refractivity contribution >= 4 is 16.7 Å². The topological polar surface area (TPSA) is 51.5 Å². The lowest BCUT2D eigenvalue weighted by Gasteiger charge is -2.18. The van der Waals surface area contributed by atoms with Gasteiger partial charge in [-0.05, 0) is 45.0 Å². The van der Waals surface area contributed by atoms with Gasteiger partial charge in [-0.25, -0.2) is 8.60 Å². The number of nitrogens with zero attached hydrogens (tertiary/aromatic N) is 2. The highest BCUT2D eigenvalue weighted by Gasteiger charge is 2.44. The molecule has 1 aromatic heterocycles. The van der Waals surface area contributed by atoms with Crippen molar-refractivity contribution in [2.45, 2.75) is 38.1 Å². The van der Waals surface area contributed by atoms with Crippen molar-refractivity contribution in [3.05, 3.63) is 59.7 Å². The Labute approximate surface area is 161 Å². The number of pyridine rings is 1. The fraction of sp³-hybridized carbons (Fsp3) is 0.333. The molecule has 0 fully saturated rings. The summed E-state index contributed by atoms with van der Waals surface area (Å²) < 4.78 is 84.9. The van der Waals surface area contributed by atoms with Crippen molar-refractivity contribution in [1.82, 2.24) is 4.98 Å². The molecule has 0 saturated carbocycles. The first kappa shape index (κ1) is 21.9. The van der Waals surface area contributed by atoms with E-state index in [1.54, 1.807) is 32.9 Å². The van der Waals surface area contributed by atoms with Crippen molar-refractivity contribution in [1.29, 1.82) is 0 Å². The van der Waals surface area contributed by atoms with Gasteiger partial charge in [0.2, 0.25) is 0 Å². The van der Waals surface area contributed by atoms with Crippen LogP contribution in [0.15, 0.2) is 47.0 Å². The number of halogens is 5. The highest BCUT2D eigenvalue weighted by atomic mass is 32.2. The van der Waals surface area contributed by atoms with Gasteiger partial charge in [0.15, 0.2) is 0 Å². The largest absolute Gasteiger partial charge is 0.461 e. The van der Waals surface area contributed by atoms with E-state index in [1.807, 2.05) is 0 Å². The normalized spacial score (nSPS) is 14.2. The number of rotatable bonds is 6. The smallest absolute Gasteiger partial charge is 0.428 e. The van der Waals surface area contributed by atoms with Crippen LogP contribution in [0.4, 0.5) is 22.0 Å². The van der Waals surface area contributed by atoms with Gasteiger partial charge in [-0.15, -0.1) is 0 Å². The van der Waals surface area contributed by atoms with Crippen LogP contribution >= 0.6 is 0 Å². The molecule has 1 heterocycles. The van der Waals surface area contributed by atoms with Crippen molar-refractivity contribution in [2.24, 2.45) is 4.40 Å². The second-order valence-corrected chi connectivity index (χ2v) is 8.56. The van der Waals surface area contributed by atoms with E-state index in [2.05, 4.69) is 14.1 Å². The van der Waals surface area contributed by atoms with Crippen LogP contribution in [0.25, 0.3) is 0 Å². The summed E-state index contributed by atoms with van der Waals surface area (Å²) in [6, 6.07) is 7.08. The molecule has 1 aromatic carbocycles. The van der Waals surface area contributed by atoms with E-state index in [4.69, 9.17) is 0 Å². The molecule has 0 radical (unpaired) electrons. The molecule has 0 aliphatic carbocycles. The molecule has 28 heavy (non-hydrogen) atoms. The number of aromatic nitrogens is 1. The molecule has 1 unspecified atom stereocenters. The van der Waals surface area contributed by atoms with Gasteiger partial charge < -0.3 is 4.74 Å². The highest BCUT2D eigenvalue weighted by Crippen LogP contribution is 2.29. The Bertz CT molecular complexity index is 883. The van der Waals surface area contributed by atoms with Crippen molar-refractivity contribution in [2.75, 3.05) is 0 Å². The fourth-order valence-electron chi connectivity index (χ4n) is 1.93. The maximum Gasteiger partial charge on any atom is 0.461 e. The van der Waals surface area contributed by atoms with E-state index < -0.39 is 39.8 Å². The molecule has 0 amide bonds. The summed E-state index contributed by atoms with van der Waals surface area (Å²) in [5.74, 6) is -1.85. The molecule has 0 saturated heterocycles. The third kappa shape index (κ3) is 5.57. The maximum atomic E-state index is 14.0. The van der Waals surface area contributed by atoms with Gasteiger partial charge in [0.1, 0.15) is 28.3 Å². The second-order valence-electron chi connectivity index (χ2n) is 6.66. The fourth-order valence-corrected chi connectivity index (χ4v) is 2.57. The molecule has 10 heteroatoms. The summed E-state index contributed by atoms with van der Waals surface area (Å²) in [6.45, 7) is 4.98. The van der Waals surface area contributed by atoms with Crippen LogP contribution < -0.4 is 4.74 Å². The van der Waals surface area contributed by atoms with E-state index >= 15 is 0 Å². The number of alkyl halides is 4. The molecule has 2 rings (SSSR count). The lowest BCUT2D eigenvalue weighted by molar-refractivity contribution is -0.253. The summed E-state index contributed by atoms with van der Waals surface area (Å²) in [5.41, 5.74) is 0.0345. The van der Waals surface area contributed by atoms with Crippen molar-refractivity contribution < 1.29 is 30.9 Å². The first-order valence-corrected chi connectivity index (χ1v) is 9.09. The van der Waals surface area contributed by atoms with Gasteiger partial charge in [0, 0.05) is 17.8 Å². The Kier molecular flexibility index (Phi) is 6.53. The van der Waals surface area contributed by atoms with Gasteiger partial charge >= 0.3 is 12.5 Å². The maximum absolute atomic E-state index is 14.0. The third-order valence-corrected chi connectivity index (χ3v) is 4.65. The Morgan fingerprint density at radius 2 is 1.86 bits per heavy atom. The Hall–Kier alpha value is -2.36. The summed E-state index contributed by atoms with van der Waals surface area (Å²) in [7, 11) is -1.79. The minimum atomic E-state index is -4.80. The van der Waals surface area contributed by atoms with Gasteiger partial charge in [-0.3, -0.25) is 4.98 Å². The highest BCUT2D eigenvalue weighted by molar-refractivity contribution is 7.85. The minimum absolute atomic E-state index is 0.0569. The number of hydrogen-bond acceptors (Lipinski definition) is 3. The average Bonchev–Trinajstić information content (AvgIpc) is 2.58. The number of hydrogen-bond donors (Lipinski definition) is 0. The molecular weight excluding hydrogens is 403 g/mol. The molecule has 1 atom stereocenters.